The predicted molar refractivity (Wildman–Crippen MR) is 86.8 cm³/mol. The maximum atomic E-state index is 5.98. The SMILES string of the molecule is Nc1cccnc1CN1CCC(Cc2ccccc2)CC1. The van der Waals surface area contributed by atoms with Gasteiger partial charge in [0, 0.05) is 12.7 Å². The van der Waals surface area contributed by atoms with E-state index in [9.17, 15) is 0 Å². The van der Waals surface area contributed by atoms with Crippen LogP contribution in [0.5, 0.6) is 0 Å². The molecule has 2 heterocycles. The van der Waals surface area contributed by atoms with E-state index in [1.165, 1.54) is 24.8 Å². The zero-order valence-electron chi connectivity index (χ0n) is 12.4. The molecule has 0 spiro atoms. The molecule has 110 valence electrons. The number of piperidine rings is 1. The number of pyridine rings is 1. The van der Waals surface area contributed by atoms with Crippen molar-refractivity contribution in [1.29, 1.82) is 0 Å². The van der Waals surface area contributed by atoms with E-state index in [1.54, 1.807) is 0 Å². The number of hydrogen-bond acceptors (Lipinski definition) is 3. The summed E-state index contributed by atoms with van der Waals surface area (Å²) < 4.78 is 0. The van der Waals surface area contributed by atoms with E-state index in [0.717, 1.165) is 36.9 Å². The minimum absolute atomic E-state index is 0.809. The first-order valence-corrected chi connectivity index (χ1v) is 7.77. The Bertz CT molecular complexity index is 560. The fraction of sp³-hybridized carbons (Fsp3) is 0.389. The molecule has 0 saturated carbocycles. The number of hydrogen-bond donors (Lipinski definition) is 1. The van der Waals surface area contributed by atoms with Crippen LogP contribution in [0, 0.1) is 5.92 Å². The molecule has 1 aliphatic rings. The molecule has 0 amide bonds. The van der Waals surface area contributed by atoms with Gasteiger partial charge in [-0.3, -0.25) is 9.88 Å². The van der Waals surface area contributed by atoms with Crippen LogP contribution in [0.1, 0.15) is 24.1 Å². The van der Waals surface area contributed by atoms with E-state index in [4.69, 9.17) is 5.73 Å². The Balaban J connectivity index is 1.50. The standard InChI is InChI=1S/C18H23N3/c19-17-7-4-10-20-18(17)14-21-11-8-16(9-12-21)13-15-5-2-1-3-6-15/h1-7,10,16H,8-9,11-14,19H2. The van der Waals surface area contributed by atoms with E-state index in [1.807, 2.05) is 18.3 Å². The summed E-state index contributed by atoms with van der Waals surface area (Å²) in [5.74, 6) is 0.810. The van der Waals surface area contributed by atoms with Crippen LogP contribution >= 0.6 is 0 Å². The fourth-order valence-electron chi connectivity index (χ4n) is 3.09. The van der Waals surface area contributed by atoms with Gasteiger partial charge in [-0.2, -0.15) is 0 Å². The van der Waals surface area contributed by atoms with Crippen molar-refractivity contribution in [2.75, 3.05) is 18.8 Å². The van der Waals surface area contributed by atoms with Crippen molar-refractivity contribution in [1.82, 2.24) is 9.88 Å². The molecular weight excluding hydrogens is 258 g/mol. The highest BCUT2D eigenvalue weighted by atomic mass is 15.1. The molecule has 0 bridgehead atoms. The van der Waals surface area contributed by atoms with Gasteiger partial charge < -0.3 is 5.73 Å². The Labute approximate surface area is 126 Å². The van der Waals surface area contributed by atoms with Crippen LogP contribution in [0.2, 0.25) is 0 Å². The summed E-state index contributed by atoms with van der Waals surface area (Å²) in [6.45, 7) is 3.17. The summed E-state index contributed by atoms with van der Waals surface area (Å²) in [6, 6.07) is 14.7. The van der Waals surface area contributed by atoms with Gasteiger partial charge in [-0.1, -0.05) is 30.3 Å². The van der Waals surface area contributed by atoms with Gasteiger partial charge >= 0.3 is 0 Å². The number of benzene rings is 1. The highest BCUT2D eigenvalue weighted by molar-refractivity contribution is 5.41. The zero-order valence-corrected chi connectivity index (χ0v) is 12.4. The van der Waals surface area contributed by atoms with Gasteiger partial charge in [0.05, 0.1) is 11.4 Å². The van der Waals surface area contributed by atoms with Crippen LogP contribution in [0.25, 0.3) is 0 Å². The number of aromatic nitrogens is 1. The summed E-state index contributed by atoms with van der Waals surface area (Å²) >= 11 is 0. The zero-order chi connectivity index (χ0) is 14.5. The molecule has 1 aromatic carbocycles. The first-order valence-electron chi connectivity index (χ1n) is 7.77. The average Bonchev–Trinajstić information content (AvgIpc) is 2.52. The number of nitrogens with zero attached hydrogens (tertiary/aromatic N) is 2. The van der Waals surface area contributed by atoms with Gasteiger partial charge in [-0.05, 0) is 56.0 Å². The molecule has 3 rings (SSSR count). The van der Waals surface area contributed by atoms with Crippen molar-refractivity contribution in [3.8, 4) is 0 Å². The minimum Gasteiger partial charge on any atom is -0.397 e. The van der Waals surface area contributed by atoms with Gasteiger partial charge in [-0.25, -0.2) is 0 Å². The second-order valence-corrected chi connectivity index (χ2v) is 5.95. The summed E-state index contributed by atoms with van der Waals surface area (Å²) in [5, 5.41) is 0. The van der Waals surface area contributed by atoms with Crippen molar-refractivity contribution in [3.63, 3.8) is 0 Å². The average molecular weight is 281 g/mol. The maximum absolute atomic E-state index is 5.98. The van der Waals surface area contributed by atoms with Crippen LogP contribution < -0.4 is 5.73 Å². The van der Waals surface area contributed by atoms with Crippen LogP contribution in [-0.2, 0) is 13.0 Å². The van der Waals surface area contributed by atoms with Crippen molar-refractivity contribution in [2.45, 2.75) is 25.8 Å². The summed E-state index contributed by atoms with van der Waals surface area (Å²) in [4.78, 5) is 6.86. The van der Waals surface area contributed by atoms with E-state index in [2.05, 4.69) is 40.2 Å². The van der Waals surface area contributed by atoms with Gasteiger partial charge in [0.25, 0.3) is 0 Å². The molecule has 1 saturated heterocycles. The van der Waals surface area contributed by atoms with Crippen LogP contribution in [0.4, 0.5) is 5.69 Å². The molecule has 1 fully saturated rings. The maximum Gasteiger partial charge on any atom is 0.0772 e. The Kier molecular flexibility index (Phi) is 4.51. The Morgan fingerprint density at radius 2 is 1.81 bits per heavy atom. The highest BCUT2D eigenvalue weighted by Gasteiger charge is 2.20. The Morgan fingerprint density at radius 1 is 1.05 bits per heavy atom. The lowest BCUT2D eigenvalue weighted by Crippen LogP contribution is -2.34. The predicted octanol–water partition coefficient (Wildman–Crippen LogP) is 3.12. The molecule has 1 aliphatic heterocycles. The molecule has 3 nitrogen and oxygen atoms in total. The molecule has 0 radical (unpaired) electrons. The third kappa shape index (κ3) is 3.82. The monoisotopic (exact) mass is 281 g/mol. The Hall–Kier alpha value is -1.87. The number of nitrogen functional groups attached to an aromatic ring is 1. The van der Waals surface area contributed by atoms with E-state index in [-0.39, 0.29) is 0 Å². The lowest BCUT2D eigenvalue weighted by Gasteiger charge is -2.32. The third-order valence-corrected chi connectivity index (χ3v) is 4.37. The highest BCUT2D eigenvalue weighted by Crippen LogP contribution is 2.23. The topological polar surface area (TPSA) is 42.1 Å². The molecule has 2 N–H and O–H groups in total. The molecule has 0 atom stereocenters. The van der Waals surface area contributed by atoms with Crippen LogP contribution in [0.15, 0.2) is 48.7 Å². The van der Waals surface area contributed by atoms with Gasteiger partial charge in [0.2, 0.25) is 0 Å². The molecule has 1 aromatic heterocycles. The van der Waals surface area contributed by atoms with Gasteiger partial charge in [-0.15, -0.1) is 0 Å². The van der Waals surface area contributed by atoms with Gasteiger partial charge in [0.1, 0.15) is 0 Å². The lowest BCUT2D eigenvalue weighted by atomic mass is 9.90. The van der Waals surface area contributed by atoms with Gasteiger partial charge in [0.15, 0.2) is 0 Å². The Morgan fingerprint density at radius 3 is 2.52 bits per heavy atom. The quantitative estimate of drug-likeness (QED) is 0.936. The molecule has 21 heavy (non-hydrogen) atoms. The largest absolute Gasteiger partial charge is 0.397 e. The molecule has 2 aromatic rings. The fourth-order valence-corrected chi connectivity index (χ4v) is 3.09. The molecule has 0 aliphatic carbocycles. The third-order valence-electron chi connectivity index (χ3n) is 4.37. The molecular formula is C18H23N3. The normalized spacial score (nSPS) is 17.0. The van der Waals surface area contributed by atoms with E-state index < -0.39 is 0 Å². The minimum atomic E-state index is 0.809. The molecule has 0 unspecified atom stereocenters. The summed E-state index contributed by atoms with van der Waals surface area (Å²) in [5.41, 5.74) is 9.26. The summed E-state index contributed by atoms with van der Waals surface area (Å²) in [6.07, 6.45) is 5.57. The first-order chi connectivity index (χ1) is 10.3. The number of nitrogens with two attached hydrogens (primary N) is 1. The van der Waals surface area contributed by atoms with Crippen molar-refractivity contribution >= 4 is 5.69 Å². The van der Waals surface area contributed by atoms with Crippen molar-refractivity contribution in [3.05, 3.63) is 59.9 Å². The smallest absolute Gasteiger partial charge is 0.0772 e. The second-order valence-electron chi connectivity index (χ2n) is 5.95. The van der Waals surface area contributed by atoms with Crippen molar-refractivity contribution in [2.24, 2.45) is 5.92 Å². The van der Waals surface area contributed by atoms with E-state index in [0.29, 0.717) is 0 Å². The lowest BCUT2D eigenvalue weighted by molar-refractivity contribution is 0.175. The first kappa shape index (κ1) is 14.1. The van der Waals surface area contributed by atoms with Crippen LogP contribution in [-0.4, -0.2) is 23.0 Å². The van der Waals surface area contributed by atoms with E-state index >= 15 is 0 Å². The second kappa shape index (κ2) is 6.72. The van der Waals surface area contributed by atoms with Crippen LogP contribution in [0.3, 0.4) is 0 Å². The number of rotatable bonds is 4. The molecule has 3 heteroatoms. The number of likely N-dealkylation sites (tertiary alicyclic amines) is 1. The summed E-state index contributed by atoms with van der Waals surface area (Å²) in [7, 11) is 0. The van der Waals surface area contributed by atoms with Crippen molar-refractivity contribution < 1.29 is 0 Å². The number of anilines is 1.